The number of anilines is 1. The van der Waals surface area contributed by atoms with E-state index in [-0.39, 0.29) is 12.1 Å². The average molecular weight is 368 g/mol. The number of carbonyl (C=O) groups excluding carboxylic acids is 2. The fourth-order valence-electron chi connectivity index (χ4n) is 2.96. The molecule has 1 heterocycles. The van der Waals surface area contributed by atoms with E-state index in [9.17, 15) is 9.59 Å². The van der Waals surface area contributed by atoms with Crippen LogP contribution < -0.4 is 5.32 Å². The van der Waals surface area contributed by atoms with Gasteiger partial charge in [-0.3, -0.25) is 0 Å². The van der Waals surface area contributed by atoms with E-state index in [1.54, 1.807) is 16.7 Å². The highest BCUT2D eigenvalue weighted by Gasteiger charge is 2.25. The number of ether oxygens (including phenoxy) is 1. The lowest BCUT2D eigenvalue weighted by atomic mass is 10.0. The minimum atomic E-state index is -0.320. The molecule has 138 valence electrons. The zero-order chi connectivity index (χ0) is 18.4. The number of rotatable bonds is 4. The first-order valence-electron chi connectivity index (χ1n) is 8.79. The number of urea groups is 1. The van der Waals surface area contributed by atoms with Crippen molar-refractivity contribution in [1.29, 1.82) is 0 Å². The van der Waals surface area contributed by atoms with Crippen LogP contribution in [0.2, 0.25) is 5.02 Å². The van der Waals surface area contributed by atoms with E-state index in [1.807, 2.05) is 19.1 Å². The molecule has 1 saturated heterocycles. The number of halogens is 1. The standard InChI is InChI=1S/C18H26ClN3O3/c1-4-13-7-8-15(19)14(5-2)16(13)20-17(23)21-9-11-22(12-10-21)18(24)25-6-3/h7-8H,4-6,9-12H2,1-3H3,(H,20,23). The van der Waals surface area contributed by atoms with Crippen LogP contribution in [0.5, 0.6) is 0 Å². The van der Waals surface area contributed by atoms with Gasteiger partial charge in [0.15, 0.2) is 0 Å². The van der Waals surface area contributed by atoms with E-state index >= 15 is 0 Å². The van der Waals surface area contributed by atoms with Crippen molar-refractivity contribution in [3.63, 3.8) is 0 Å². The summed E-state index contributed by atoms with van der Waals surface area (Å²) in [6, 6.07) is 3.68. The van der Waals surface area contributed by atoms with Crippen LogP contribution in [0.25, 0.3) is 0 Å². The second kappa shape index (κ2) is 8.94. The number of nitrogens with one attached hydrogen (secondary N) is 1. The highest BCUT2D eigenvalue weighted by atomic mass is 35.5. The average Bonchev–Trinajstić information content (AvgIpc) is 2.62. The zero-order valence-electron chi connectivity index (χ0n) is 15.1. The van der Waals surface area contributed by atoms with Crippen molar-refractivity contribution in [1.82, 2.24) is 9.80 Å². The molecular formula is C18H26ClN3O3. The number of benzene rings is 1. The molecule has 2 rings (SSSR count). The van der Waals surface area contributed by atoms with Crippen molar-refractivity contribution in [3.05, 3.63) is 28.3 Å². The van der Waals surface area contributed by atoms with Crippen molar-refractivity contribution in [2.45, 2.75) is 33.6 Å². The molecule has 0 aliphatic carbocycles. The molecule has 3 amide bonds. The molecule has 0 atom stereocenters. The summed E-state index contributed by atoms with van der Waals surface area (Å²) < 4.78 is 5.00. The summed E-state index contributed by atoms with van der Waals surface area (Å²) in [5.41, 5.74) is 2.84. The fraction of sp³-hybridized carbons (Fsp3) is 0.556. The van der Waals surface area contributed by atoms with Gasteiger partial charge in [-0.1, -0.05) is 31.5 Å². The van der Waals surface area contributed by atoms with Crippen LogP contribution in [0.4, 0.5) is 15.3 Å². The van der Waals surface area contributed by atoms with Crippen molar-refractivity contribution in [2.24, 2.45) is 0 Å². The zero-order valence-corrected chi connectivity index (χ0v) is 15.9. The van der Waals surface area contributed by atoms with E-state index in [2.05, 4.69) is 12.2 Å². The first-order valence-corrected chi connectivity index (χ1v) is 9.17. The Morgan fingerprint density at radius 2 is 1.72 bits per heavy atom. The van der Waals surface area contributed by atoms with E-state index in [0.29, 0.717) is 37.8 Å². The van der Waals surface area contributed by atoms with Crippen LogP contribution in [0.1, 0.15) is 31.9 Å². The molecule has 0 spiro atoms. The molecule has 1 aliphatic heterocycles. The van der Waals surface area contributed by atoms with Crippen LogP contribution in [0, 0.1) is 0 Å². The van der Waals surface area contributed by atoms with E-state index in [0.717, 1.165) is 29.7 Å². The second-order valence-electron chi connectivity index (χ2n) is 5.87. The van der Waals surface area contributed by atoms with Gasteiger partial charge in [0.1, 0.15) is 0 Å². The molecule has 0 aromatic heterocycles. The quantitative estimate of drug-likeness (QED) is 0.881. The van der Waals surface area contributed by atoms with Crippen molar-refractivity contribution >= 4 is 29.4 Å². The summed E-state index contributed by atoms with van der Waals surface area (Å²) in [5, 5.41) is 3.70. The number of amides is 3. The largest absolute Gasteiger partial charge is 0.450 e. The number of nitrogens with zero attached hydrogens (tertiary/aromatic N) is 2. The Morgan fingerprint density at radius 3 is 2.28 bits per heavy atom. The smallest absolute Gasteiger partial charge is 0.409 e. The van der Waals surface area contributed by atoms with Crippen LogP contribution in [0.3, 0.4) is 0 Å². The molecule has 6 nitrogen and oxygen atoms in total. The monoisotopic (exact) mass is 367 g/mol. The van der Waals surface area contributed by atoms with Crippen molar-refractivity contribution in [3.8, 4) is 0 Å². The maximum atomic E-state index is 12.7. The SMILES string of the molecule is CCOC(=O)N1CCN(C(=O)Nc2c(CC)ccc(Cl)c2CC)CC1. The predicted octanol–water partition coefficient (Wildman–Crippen LogP) is 3.77. The van der Waals surface area contributed by atoms with Gasteiger partial charge in [0.05, 0.1) is 12.3 Å². The van der Waals surface area contributed by atoms with Gasteiger partial charge in [-0.05, 0) is 37.0 Å². The molecule has 0 radical (unpaired) electrons. The molecule has 1 fully saturated rings. The summed E-state index contributed by atoms with van der Waals surface area (Å²) in [7, 11) is 0. The van der Waals surface area contributed by atoms with E-state index < -0.39 is 0 Å². The number of aryl methyl sites for hydroxylation is 1. The van der Waals surface area contributed by atoms with Gasteiger partial charge in [-0.15, -0.1) is 0 Å². The highest BCUT2D eigenvalue weighted by Crippen LogP contribution is 2.29. The van der Waals surface area contributed by atoms with E-state index in [1.165, 1.54) is 0 Å². The minimum absolute atomic E-state index is 0.157. The lowest BCUT2D eigenvalue weighted by Crippen LogP contribution is -2.51. The fourth-order valence-corrected chi connectivity index (χ4v) is 3.25. The number of hydrogen-bond acceptors (Lipinski definition) is 3. The Balaban J connectivity index is 2.04. The van der Waals surface area contributed by atoms with Gasteiger partial charge < -0.3 is 19.9 Å². The van der Waals surface area contributed by atoms with Gasteiger partial charge >= 0.3 is 12.1 Å². The third kappa shape index (κ3) is 4.57. The van der Waals surface area contributed by atoms with Crippen LogP contribution in [0.15, 0.2) is 12.1 Å². The van der Waals surface area contributed by atoms with E-state index in [4.69, 9.17) is 16.3 Å². The van der Waals surface area contributed by atoms with Gasteiger partial charge in [0.2, 0.25) is 0 Å². The third-order valence-corrected chi connectivity index (χ3v) is 4.76. The summed E-state index contributed by atoms with van der Waals surface area (Å²) in [4.78, 5) is 27.7. The lowest BCUT2D eigenvalue weighted by Gasteiger charge is -2.34. The molecule has 0 saturated carbocycles. The summed E-state index contributed by atoms with van der Waals surface area (Å²) >= 11 is 6.29. The Morgan fingerprint density at radius 1 is 1.08 bits per heavy atom. The number of piperazine rings is 1. The lowest BCUT2D eigenvalue weighted by molar-refractivity contribution is 0.0868. The second-order valence-corrected chi connectivity index (χ2v) is 6.28. The Labute approximate surface area is 154 Å². The first kappa shape index (κ1) is 19.4. The molecule has 0 bridgehead atoms. The molecule has 1 aliphatic rings. The van der Waals surface area contributed by atoms with Crippen LogP contribution in [-0.2, 0) is 17.6 Å². The molecular weight excluding hydrogens is 342 g/mol. The summed E-state index contributed by atoms with van der Waals surface area (Å²) in [6.07, 6.45) is 1.24. The van der Waals surface area contributed by atoms with Gasteiger partial charge in [-0.25, -0.2) is 9.59 Å². The Bertz CT molecular complexity index is 628. The molecule has 7 heteroatoms. The van der Waals surface area contributed by atoms with Crippen LogP contribution >= 0.6 is 11.6 Å². The Kier molecular flexibility index (Phi) is 6.93. The van der Waals surface area contributed by atoms with Gasteiger partial charge in [0.25, 0.3) is 0 Å². The normalized spacial score (nSPS) is 14.4. The topological polar surface area (TPSA) is 61.9 Å². The van der Waals surface area contributed by atoms with Crippen LogP contribution in [-0.4, -0.2) is 54.7 Å². The predicted molar refractivity (Wildman–Crippen MR) is 99.4 cm³/mol. The maximum absolute atomic E-state index is 12.7. The van der Waals surface area contributed by atoms with Crippen molar-refractivity contribution in [2.75, 3.05) is 38.1 Å². The van der Waals surface area contributed by atoms with Gasteiger partial charge in [0, 0.05) is 31.2 Å². The van der Waals surface area contributed by atoms with Crippen molar-refractivity contribution < 1.29 is 14.3 Å². The summed E-state index contributed by atoms with van der Waals surface area (Å²) in [5.74, 6) is 0. The molecule has 25 heavy (non-hydrogen) atoms. The Hall–Kier alpha value is -1.95. The maximum Gasteiger partial charge on any atom is 0.409 e. The number of hydrogen-bond donors (Lipinski definition) is 1. The number of carbonyl (C=O) groups is 2. The minimum Gasteiger partial charge on any atom is -0.450 e. The third-order valence-electron chi connectivity index (χ3n) is 4.40. The van der Waals surface area contributed by atoms with Gasteiger partial charge in [-0.2, -0.15) is 0 Å². The molecule has 1 aromatic carbocycles. The highest BCUT2D eigenvalue weighted by molar-refractivity contribution is 6.32. The first-order chi connectivity index (χ1) is 12.0. The molecule has 1 N–H and O–H groups in total. The molecule has 0 unspecified atom stereocenters. The summed E-state index contributed by atoms with van der Waals surface area (Å²) in [6.45, 7) is 8.12. The molecule has 1 aromatic rings.